The summed E-state index contributed by atoms with van der Waals surface area (Å²) in [5.74, 6) is 0.819. The fourth-order valence-corrected chi connectivity index (χ4v) is 6.01. The number of anilines is 1. The summed E-state index contributed by atoms with van der Waals surface area (Å²) in [7, 11) is 1.69. The van der Waals surface area contributed by atoms with Gasteiger partial charge in [-0.05, 0) is 67.4 Å². The molecular weight excluding hydrogens is 522 g/mol. The van der Waals surface area contributed by atoms with E-state index < -0.39 is 0 Å². The first-order valence-electron chi connectivity index (χ1n) is 14.0. The number of hydrogen-bond acceptors (Lipinski definition) is 6. The van der Waals surface area contributed by atoms with Crippen molar-refractivity contribution >= 4 is 22.5 Å². The monoisotopic (exact) mass is 553 g/mol. The highest BCUT2D eigenvalue weighted by Crippen LogP contribution is 2.39. The van der Waals surface area contributed by atoms with Crippen LogP contribution in [0.4, 0.5) is 5.69 Å². The smallest absolute Gasteiger partial charge is 0.254 e. The number of hydrogen-bond donors (Lipinski definition) is 0. The number of methoxy groups -OCH3 is 1. The zero-order valence-corrected chi connectivity index (χ0v) is 23.9. The molecule has 0 bridgehead atoms. The molecule has 3 aromatic carbocycles. The molecule has 2 aromatic heterocycles. The van der Waals surface area contributed by atoms with Crippen molar-refractivity contribution in [1.82, 2.24) is 14.9 Å². The van der Waals surface area contributed by atoms with Gasteiger partial charge in [0.05, 0.1) is 24.3 Å². The minimum Gasteiger partial charge on any atom is -0.495 e. The number of benzene rings is 3. The summed E-state index contributed by atoms with van der Waals surface area (Å²) in [4.78, 5) is 26.4. The molecule has 7 heteroatoms. The third-order valence-electron chi connectivity index (χ3n) is 8.00. The number of para-hydroxylation sites is 1. The Hall–Kier alpha value is -5.22. The summed E-state index contributed by atoms with van der Waals surface area (Å²) in [6.07, 6.45) is 5.19. The number of amides is 1. The van der Waals surface area contributed by atoms with Crippen LogP contribution in [0.5, 0.6) is 5.75 Å². The first-order chi connectivity index (χ1) is 20.5. The summed E-state index contributed by atoms with van der Waals surface area (Å²) < 4.78 is 5.95. The molecule has 42 heavy (non-hydrogen) atoms. The third-order valence-corrected chi connectivity index (χ3v) is 8.00. The lowest BCUT2D eigenvalue weighted by atomic mass is 9.97. The van der Waals surface area contributed by atoms with Gasteiger partial charge in [-0.25, -0.2) is 0 Å². The van der Waals surface area contributed by atoms with Crippen LogP contribution < -0.4 is 9.64 Å². The number of pyridine rings is 2. The average Bonchev–Trinajstić information content (AvgIpc) is 3.04. The van der Waals surface area contributed by atoms with Crippen molar-refractivity contribution in [3.8, 4) is 34.1 Å². The predicted molar refractivity (Wildman–Crippen MR) is 165 cm³/mol. The Morgan fingerprint density at radius 3 is 2.17 bits per heavy atom. The van der Waals surface area contributed by atoms with Crippen LogP contribution in [0.25, 0.3) is 33.2 Å². The maximum absolute atomic E-state index is 13.2. The first-order valence-corrected chi connectivity index (χ1v) is 14.0. The summed E-state index contributed by atoms with van der Waals surface area (Å²) in [6, 6.07) is 27.9. The zero-order valence-electron chi connectivity index (χ0n) is 23.9. The molecular formula is C35H31N5O2. The molecule has 1 fully saturated rings. The summed E-state index contributed by atoms with van der Waals surface area (Å²) in [5.41, 5.74) is 7.18. The highest BCUT2D eigenvalue weighted by molar-refractivity contribution is 6.00. The Balaban J connectivity index is 1.26. The fourth-order valence-electron chi connectivity index (χ4n) is 6.01. The van der Waals surface area contributed by atoms with E-state index in [1.165, 1.54) is 0 Å². The first kappa shape index (κ1) is 27.0. The molecule has 2 atom stereocenters. The van der Waals surface area contributed by atoms with Crippen LogP contribution in [0.3, 0.4) is 0 Å². The van der Waals surface area contributed by atoms with Crippen molar-refractivity contribution in [1.29, 1.82) is 5.26 Å². The molecule has 1 saturated heterocycles. The highest BCUT2D eigenvalue weighted by atomic mass is 16.5. The maximum Gasteiger partial charge on any atom is 0.254 e. The molecule has 0 N–H and O–H groups in total. The second kappa shape index (κ2) is 11.3. The SMILES string of the molecule is COc1c(-c2ccc(N3CC(C)N(C(=O)c4ccncc4)[C@H](C)C3)cc2)cnc2c(-c3ccc(C#N)cc3)cccc12. The fraction of sp³-hybridized carbons (Fsp3) is 0.200. The number of carbonyl (C=O) groups excluding carboxylic acids is 1. The van der Waals surface area contributed by atoms with E-state index in [1.54, 1.807) is 31.6 Å². The molecule has 6 rings (SSSR count). The molecule has 208 valence electrons. The molecule has 0 aliphatic carbocycles. The number of piperazine rings is 1. The van der Waals surface area contributed by atoms with Crippen LogP contribution in [0.2, 0.25) is 0 Å². The molecule has 1 unspecified atom stereocenters. The van der Waals surface area contributed by atoms with Gasteiger partial charge in [0.1, 0.15) is 5.75 Å². The van der Waals surface area contributed by atoms with Gasteiger partial charge in [-0.15, -0.1) is 0 Å². The number of nitrogens with zero attached hydrogens (tertiary/aromatic N) is 5. The Morgan fingerprint density at radius 1 is 0.881 bits per heavy atom. The molecule has 1 amide bonds. The van der Waals surface area contributed by atoms with Crippen molar-refractivity contribution in [2.45, 2.75) is 25.9 Å². The normalized spacial score (nSPS) is 16.7. The number of ether oxygens (including phenoxy) is 1. The van der Waals surface area contributed by atoms with Crippen LogP contribution in [0.1, 0.15) is 29.8 Å². The van der Waals surface area contributed by atoms with Crippen LogP contribution >= 0.6 is 0 Å². The van der Waals surface area contributed by atoms with Crippen LogP contribution in [-0.2, 0) is 0 Å². The molecule has 0 saturated carbocycles. The van der Waals surface area contributed by atoms with Gasteiger partial charge in [-0.3, -0.25) is 14.8 Å². The van der Waals surface area contributed by atoms with E-state index >= 15 is 0 Å². The Labute approximate surface area is 245 Å². The molecule has 0 radical (unpaired) electrons. The van der Waals surface area contributed by atoms with Gasteiger partial charge in [0.2, 0.25) is 0 Å². The standard InChI is InChI=1S/C35H31N5O2/c1-23-21-39(22-24(2)40(23)35(41)28-15-17-37-18-16-28)29-13-11-27(12-14-29)32-20-38-33-30(5-4-6-31(33)34(32)42-3)26-9-7-25(19-36)8-10-26/h4-18,20,23-24H,21-22H2,1-3H3/t23-,24?/m1/s1. The number of carbonyl (C=O) groups is 1. The second-order valence-electron chi connectivity index (χ2n) is 10.7. The maximum atomic E-state index is 13.2. The van der Waals surface area contributed by atoms with E-state index in [2.05, 4.69) is 54.1 Å². The number of aromatic nitrogens is 2. The largest absolute Gasteiger partial charge is 0.495 e. The van der Waals surface area contributed by atoms with Gasteiger partial charge in [0, 0.05) is 71.5 Å². The van der Waals surface area contributed by atoms with E-state index in [0.717, 1.165) is 57.7 Å². The van der Waals surface area contributed by atoms with Crippen LogP contribution in [0, 0.1) is 11.3 Å². The zero-order chi connectivity index (χ0) is 29.2. The molecule has 5 aromatic rings. The Kier molecular flexibility index (Phi) is 7.28. The molecule has 7 nitrogen and oxygen atoms in total. The van der Waals surface area contributed by atoms with Crippen molar-refractivity contribution in [2.24, 2.45) is 0 Å². The molecule has 1 aliphatic heterocycles. The van der Waals surface area contributed by atoms with E-state index in [-0.39, 0.29) is 18.0 Å². The second-order valence-corrected chi connectivity index (χ2v) is 10.7. The Morgan fingerprint density at radius 2 is 1.52 bits per heavy atom. The van der Waals surface area contributed by atoms with Gasteiger partial charge in [-0.1, -0.05) is 36.4 Å². The third kappa shape index (κ3) is 4.92. The van der Waals surface area contributed by atoms with Gasteiger partial charge >= 0.3 is 0 Å². The van der Waals surface area contributed by atoms with Crippen molar-refractivity contribution < 1.29 is 9.53 Å². The lowest BCUT2D eigenvalue weighted by Gasteiger charge is -2.45. The van der Waals surface area contributed by atoms with E-state index in [9.17, 15) is 4.79 Å². The lowest BCUT2D eigenvalue weighted by molar-refractivity contribution is 0.0574. The molecule has 1 aliphatic rings. The minimum absolute atomic E-state index is 0.0469. The average molecular weight is 554 g/mol. The van der Waals surface area contributed by atoms with Gasteiger partial charge in [-0.2, -0.15) is 5.26 Å². The van der Waals surface area contributed by atoms with Crippen molar-refractivity contribution in [3.05, 3.63) is 109 Å². The summed E-state index contributed by atoms with van der Waals surface area (Å²) >= 11 is 0. The van der Waals surface area contributed by atoms with E-state index in [4.69, 9.17) is 15.0 Å². The van der Waals surface area contributed by atoms with E-state index in [1.807, 2.05) is 53.6 Å². The topological polar surface area (TPSA) is 82.3 Å². The van der Waals surface area contributed by atoms with Crippen LogP contribution in [-0.4, -0.2) is 53.1 Å². The van der Waals surface area contributed by atoms with Gasteiger partial charge in [0.15, 0.2) is 0 Å². The molecule has 3 heterocycles. The van der Waals surface area contributed by atoms with Gasteiger partial charge < -0.3 is 14.5 Å². The summed E-state index contributed by atoms with van der Waals surface area (Å²) in [5, 5.41) is 10.1. The number of fused-ring (bicyclic) bond motifs is 1. The quantitative estimate of drug-likeness (QED) is 0.244. The number of rotatable bonds is 5. The van der Waals surface area contributed by atoms with Crippen molar-refractivity contribution in [2.75, 3.05) is 25.1 Å². The predicted octanol–water partition coefficient (Wildman–Crippen LogP) is 6.58. The van der Waals surface area contributed by atoms with Crippen molar-refractivity contribution in [3.63, 3.8) is 0 Å². The van der Waals surface area contributed by atoms with E-state index in [0.29, 0.717) is 11.1 Å². The number of nitriles is 1. The molecule has 0 spiro atoms. The lowest BCUT2D eigenvalue weighted by Crippen LogP contribution is -2.58. The van der Waals surface area contributed by atoms with Gasteiger partial charge in [0.25, 0.3) is 5.91 Å². The minimum atomic E-state index is 0.0469. The van der Waals surface area contributed by atoms with Crippen LogP contribution in [0.15, 0.2) is 97.5 Å². The summed E-state index contributed by atoms with van der Waals surface area (Å²) in [6.45, 7) is 5.71. The Bertz CT molecular complexity index is 1770. The highest BCUT2D eigenvalue weighted by Gasteiger charge is 2.33.